The second-order valence-corrected chi connectivity index (χ2v) is 10.5. The quantitative estimate of drug-likeness (QED) is 0.314. The molecule has 36 heavy (non-hydrogen) atoms. The molecule has 0 unspecified atom stereocenters. The van der Waals surface area contributed by atoms with Gasteiger partial charge in [-0.15, -0.1) is 0 Å². The van der Waals surface area contributed by atoms with Crippen molar-refractivity contribution in [1.82, 2.24) is 20.2 Å². The number of carbonyl (C=O) groups excluding carboxylic acids is 1. The van der Waals surface area contributed by atoms with Crippen molar-refractivity contribution in [2.24, 2.45) is 0 Å². The summed E-state index contributed by atoms with van der Waals surface area (Å²) in [7, 11) is 0. The van der Waals surface area contributed by atoms with E-state index >= 15 is 0 Å². The third-order valence-electron chi connectivity index (χ3n) is 6.34. The van der Waals surface area contributed by atoms with Crippen LogP contribution >= 0.6 is 23.4 Å². The Kier molecular flexibility index (Phi) is 7.55. The standard InChI is InChI=1S/C27H25ClF2N4OS/c28-21-7-4-8-22(30)20(21)16-34-15-19(36-27-32-23-9-1-2-10-24(23)33-27)14-25(34)26(35)31-12-11-17-5-3-6-18(29)13-17/h1-10,13,19,25H,11-12,14-16H2,(H,31,35)(H,32,33)/t19-,25+/m1/s1. The van der Waals surface area contributed by atoms with Gasteiger partial charge in [-0.2, -0.15) is 0 Å². The van der Waals surface area contributed by atoms with Gasteiger partial charge in [-0.1, -0.05) is 53.7 Å². The molecule has 1 fully saturated rings. The summed E-state index contributed by atoms with van der Waals surface area (Å²) in [6.45, 7) is 1.19. The van der Waals surface area contributed by atoms with E-state index in [-0.39, 0.29) is 29.3 Å². The Morgan fingerprint density at radius 2 is 1.97 bits per heavy atom. The summed E-state index contributed by atoms with van der Waals surface area (Å²) in [4.78, 5) is 23.2. The van der Waals surface area contributed by atoms with Gasteiger partial charge in [0.15, 0.2) is 5.16 Å². The Balaban J connectivity index is 1.29. The summed E-state index contributed by atoms with van der Waals surface area (Å²) < 4.78 is 28.0. The van der Waals surface area contributed by atoms with Gasteiger partial charge in [0.1, 0.15) is 11.6 Å². The molecular formula is C27H25ClF2N4OS. The summed E-state index contributed by atoms with van der Waals surface area (Å²) in [6, 6.07) is 18.3. The lowest BCUT2D eigenvalue weighted by Crippen LogP contribution is -2.43. The van der Waals surface area contributed by atoms with Crippen molar-refractivity contribution in [3.8, 4) is 0 Å². The molecule has 0 radical (unpaired) electrons. The Hall–Kier alpha value is -2.94. The third kappa shape index (κ3) is 5.72. The predicted molar refractivity (Wildman–Crippen MR) is 139 cm³/mol. The third-order valence-corrected chi connectivity index (χ3v) is 7.78. The van der Waals surface area contributed by atoms with E-state index in [0.717, 1.165) is 21.8 Å². The Bertz CT molecular complexity index is 1330. The molecule has 1 amide bonds. The number of para-hydroxylation sites is 2. The van der Waals surface area contributed by atoms with E-state index in [1.807, 2.05) is 35.2 Å². The molecule has 5 nitrogen and oxygen atoms in total. The highest BCUT2D eigenvalue weighted by Gasteiger charge is 2.38. The van der Waals surface area contributed by atoms with Crippen molar-refractivity contribution in [3.63, 3.8) is 0 Å². The first-order valence-corrected chi connectivity index (χ1v) is 13.0. The van der Waals surface area contributed by atoms with Crippen LogP contribution in [0.2, 0.25) is 5.02 Å². The lowest BCUT2D eigenvalue weighted by Gasteiger charge is -2.24. The number of amides is 1. The van der Waals surface area contributed by atoms with Crippen molar-refractivity contribution in [2.75, 3.05) is 13.1 Å². The number of benzene rings is 3. The maximum Gasteiger partial charge on any atom is 0.237 e. The van der Waals surface area contributed by atoms with Crippen LogP contribution in [0.4, 0.5) is 8.78 Å². The molecule has 5 rings (SSSR count). The van der Waals surface area contributed by atoms with E-state index in [9.17, 15) is 13.6 Å². The average molecular weight is 527 g/mol. The Morgan fingerprint density at radius 3 is 2.78 bits per heavy atom. The zero-order valence-corrected chi connectivity index (χ0v) is 21.0. The summed E-state index contributed by atoms with van der Waals surface area (Å²) in [5.41, 5.74) is 3.04. The number of imidazole rings is 1. The zero-order valence-electron chi connectivity index (χ0n) is 19.4. The number of likely N-dealkylation sites (tertiary alicyclic amines) is 1. The number of aromatic nitrogens is 2. The highest BCUT2D eigenvalue weighted by Crippen LogP contribution is 2.34. The van der Waals surface area contributed by atoms with Crippen LogP contribution in [0.15, 0.2) is 71.9 Å². The maximum absolute atomic E-state index is 14.6. The molecule has 2 heterocycles. The van der Waals surface area contributed by atoms with Gasteiger partial charge in [-0.3, -0.25) is 9.69 Å². The number of hydrogen-bond donors (Lipinski definition) is 2. The smallest absolute Gasteiger partial charge is 0.237 e. The number of nitrogens with one attached hydrogen (secondary N) is 2. The molecule has 0 bridgehead atoms. The molecule has 186 valence electrons. The van der Waals surface area contributed by atoms with Gasteiger partial charge in [0.2, 0.25) is 5.91 Å². The predicted octanol–water partition coefficient (Wildman–Crippen LogP) is 5.59. The fraction of sp³-hybridized carbons (Fsp3) is 0.259. The van der Waals surface area contributed by atoms with Gasteiger partial charge >= 0.3 is 0 Å². The summed E-state index contributed by atoms with van der Waals surface area (Å²) >= 11 is 7.88. The van der Waals surface area contributed by atoms with Crippen LogP contribution in [-0.2, 0) is 17.8 Å². The minimum atomic E-state index is -0.449. The number of aromatic amines is 1. The summed E-state index contributed by atoms with van der Waals surface area (Å²) in [5.74, 6) is -0.819. The van der Waals surface area contributed by atoms with Gasteiger partial charge in [0.25, 0.3) is 0 Å². The first kappa shape index (κ1) is 24.7. The maximum atomic E-state index is 14.6. The number of fused-ring (bicyclic) bond motifs is 1. The molecule has 1 saturated heterocycles. The first-order chi connectivity index (χ1) is 17.5. The fourth-order valence-corrected chi connectivity index (χ4v) is 5.97. The van der Waals surface area contributed by atoms with Crippen molar-refractivity contribution < 1.29 is 13.6 Å². The van der Waals surface area contributed by atoms with E-state index in [1.54, 1.807) is 30.0 Å². The van der Waals surface area contributed by atoms with Crippen molar-refractivity contribution >= 4 is 40.3 Å². The topological polar surface area (TPSA) is 61.0 Å². The minimum absolute atomic E-state index is 0.0788. The molecule has 9 heteroatoms. The van der Waals surface area contributed by atoms with Crippen LogP contribution < -0.4 is 5.32 Å². The number of halogens is 3. The lowest BCUT2D eigenvalue weighted by atomic mass is 10.1. The molecule has 4 aromatic rings. The monoisotopic (exact) mass is 526 g/mol. The highest BCUT2D eigenvalue weighted by molar-refractivity contribution is 7.99. The molecule has 1 aliphatic heterocycles. The highest BCUT2D eigenvalue weighted by atomic mass is 35.5. The van der Waals surface area contributed by atoms with E-state index in [0.29, 0.717) is 36.5 Å². The van der Waals surface area contributed by atoms with Crippen LogP contribution in [-0.4, -0.2) is 45.2 Å². The van der Waals surface area contributed by atoms with Crippen molar-refractivity contribution in [2.45, 2.75) is 35.8 Å². The number of thioether (sulfide) groups is 1. The van der Waals surface area contributed by atoms with E-state index in [4.69, 9.17) is 11.6 Å². The van der Waals surface area contributed by atoms with Crippen LogP contribution in [0.5, 0.6) is 0 Å². The minimum Gasteiger partial charge on any atom is -0.354 e. The molecule has 2 atom stereocenters. The number of H-pyrrole nitrogens is 1. The van der Waals surface area contributed by atoms with Crippen LogP contribution in [0.25, 0.3) is 11.0 Å². The van der Waals surface area contributed by atoms with Gasteiger partial charge in [-0.05, 0) is 54.8 Å². The molecule has 0 saturated carbocycles. The average Bonchev–Trinajstić information content (AvgIpc) is 3.45. The van der Waals surface area contributed by atoms with Gasteiger partial charge in [0, 0.05) is 35.5 Å². The molecule has 0 spiro atoms. The number of carbonyl (C=O) groups is 1. The second kappa shape index (κ2) is 11.0. The molecule has 1 aliphatic rings. The summed E-state index contributed by atoms with van der Waals surface area (Å²) in [5, 5.41) is 4.19. The van der Waals surface area contributed by atoms with E-state index in [2.05, 4.69) is 15.3 Å². The Labute approximate surface area is 217 Å². The second-order valence-electron chi connectivity index (χ2n) is 8.85. The first-order valence-electron chi connectivity index (χ1n) is 11.8. The molecular weight excluding hydrogens is 502 g/mol. The molecule has 0 aliphatic carbocycles. The summed E-state index contributed by atoms with van der Waals surface area (Å²) in [6.07, 6.45) is 1.10. The fourth-order valence-electron chi connectivity index (χ4n) is 4.56. The van der Waals surface area contributed by atoms with Gasteiger partial charge < -0.3 is 10.3 Å². The largest absolute Gasteiger partial charge is 0.354 e. The number of nitrogens with zero attached hydrogens (tertiary/aromatic N) is 2. The van der Waals surface area contributed by atoms with Gasteiger partial charge in [0.05, 0.1) is 17.1 Å². The van der Waals surface area contributed by atoms with Crippen LogP contribution in [0.3, 0.4) is 0 Å². The van der Waals surface area contributed by atoms with Crippen molar-refractivity contribution in [1.29, 1.82) is 0 Å². The molecule has 1 aromatic heterocycles. The lowest BCUT2D eigenvalue weighted by molar-refractivity contribution is -0.125. The van der Waals surface area contributed by atoms with E-state index < -0.39 is 6.04 Å². The molecule has 2 N–H and O–H groups in total. The SMILES string of the molecule is O=C(NCCc1cccc(F)c1)[C@@H]1C[C@@H](Sc2nc3ccccc3[nH]2)CN1Cc1c(F)cccc1Cl. The Morgan fingerprint density at radius 1 is 1.14 bits per heavy atom. The number of hydrogen-bond acceptors (Lipinski definition) is 4. The van der Waals surface area contributed by atoms with E-state index in [1.165, 1.54) is 18.2 Å². The van der Waals surface area contributed by atoms with Crippen molar-refractivity contribution in [3.05, 3.63) is 94.5 Å². The van der Waals surface area contributed by atoms with Crippen LogP contribution in [0, 0.1) is 11.6 Å². The van der Waals surface area contributed by atoms with Gasteiger partial charge in [-0.25, -0.2) is 13.8 Å². The normalized spacial score (nSPS) is 18.1. The molecule has 3 aromatic carbocycles. The van der Waals surface area contributed by atoms with Crippen LogP contribution in [0.1, 0.15) is 17.5 Å². The number of rotatable bonds is 8. The zero-order chi connectivity index (χ0) is 25.1.